The Morgan fingerprint density at radius 1 is 1.25 bits per heavy atom. The molecule has 3 aromatic heterocycles. The Bertz CT molecular complexity index is 1370. The summed E-state index contributed by atoms with van der Waals surface area (Å²) in [4.78, 5) is 30.9. The number of amides is 1. The predicted molar refractivity (Wildman–Crippen MR) is 123 cm³/mol. The Labute approximate surface area is 187 Å². The standard InChI is InChI=1S/C22H21N7O2S/c1-12-8-23-20-19-14-2-5-18(25-15(14)3-4-17(19)32-21(20)22(31)24-12)29-11-16(26-27-29)13-9-28(10-13)6-7-30/h2-5,7,11-13,23H,6,8-10H2,1H3,(H,24,31)/t12-/m1/s1. The summed E-state index contributed by atoms with van der Waals surface area (Å²) in [6.45, 7) is 4.78. The number of nitrogens with one attached hydrogen (secondary N) is 2. The zero-order chi connectivity index (χ0) is 21.8. The second kappa shape index (κ2) is 7.35. The van der Waals surface area contributed by atoms with Crippen molar-refractivity contribution in [2.24, 2.45) is 0 Å². The Morgan fingerprint density at radius 3 is 2.97 bits per heavy atom. The first-order valence-corrected chi connectivity index (χ1v) is 11.4. The van der Waals surface area contributed by atoms with Gasteiger partial charge in [-0.15, -0.1) is 16.4 Å². The fraction of sp³-hybridized carbons (Fsp3) is 0.318. The Balaban J connectivity index is 1.36. The molecular weight excluding hydrogens is 426 g/mol. The van der Waals surface area contributed by atoms with E-state index >= 15 is 0 Å². The van der Waals surface area contributed by atoms with Crippen molar-refractivity contribution < 1.29 is 9.59 Å². The van der Waals surface area contributed by atoms with Crippen molar-refractivity contribution in [3.05, 3.63) is 41.0 Å². The van der Waals surface area contributed by atoms with Crippen molar-refractivity contribution in [2.75, 3.05) is 31.5 Å². The molecule has 5 heterocycles. The minimum absolute atomic E-state index is 0.0331. The maximum absolute atomic E-state index is 12.6. The van der Waals surface area contributed by atoms with Crippen LogP contribution >= 0.6 is 11.3 Å². The van der Waals surface area contributed by atoms with Gasteiger partial charge in [-0.1, -0.05) is 5.21 Å². The normalized spacial score (nSPS) is 19.3. The van der Waals surface area contributed by atoms with Gasteiger partial charge in [0.05, 0.1) is 29.6 Å². The number of aromatic nitrogens is 4. The van der Waals surface area contributed by atoms with E-state index in [9.17, 15) is 9.59 Å². The van der Waals surface area contributed by atoms with E-state index < -0.39 is 0 Å². The van der Waals surface area contributed by atoms with Crippen molar-refractivity contribution >= 4 is 50.2 Å². The van der Waals surface area contributed by atoms with E-state index in [1.165, 1.54) is 11.3 Å². The van der Waals surface area contributed by atoms with Gasteiger partial charge in [-0.3, -0.25) is 9.69 Å². The number of nitrogens with zero attached hydrogens (tertiary/aromatic N) is 5. The van der Waals surface area contributed by atoms with Gasteiger partial charge >= 0.3 is 0 Å². The molecule has 9 nitrogen and oxygen atoms in total. The Hall–Kier alpha value is -3.37. The van der Waals surface area contributed by atoms with Crippen molar-refractivity contribution in [2.45, 2.75) is 18.9 Å². The average Bonchev–Trinajstić information content (AvgIpc) is 3.36. The first kappa shape index (κ1) is 19.3. The lowest BCUT2D eigenvalue weighted by molar-refractivity contribution is -0.109. The quantitative estimate of drug-likeness (QED) is 0.462. The molecule has 0 aliphatic carbocycles. The van der Waals surface area contributed by atoms with E-state index in [0.29, 0.717) is 29.7 Å². The molecule has 0 bridgehead atoms. The molecule has 0 saturated carbocycles. The SMILES string of the molecule is C[C@@H]1CNc2c(sc3ccc4nc(-n5cc(C6CN(CC=O)C6)nn5)ccc4c23)C(=O)N1. The zero-order valence-electron chi connectivity index (χ0n) is 17.4. The first-order chi connectivity index (χ1) is 15.6. The van der Waals surface area contributed by atoms with E-state index in [-0.39, 0.29) is 11.9 Å². The number of carbonyl (C=O) groups excluding carboxylic acids is 2. The number of pyridine rings is 1. The van der Waals surface area contributed by atoms with Crippen LogP contribution in [-0.4, -0.2) is 69.3 Å². The molecule has 10 heteroatoms. The minimum atomic E-state index is -0.0331. The van der Waals surface area contributed by atoms with Gasteiger partial charge < -0.3 is 15.4 Å². The highest BCUT2D eigenvalue weighted by Gasteiger charge is 2.30. The summed E-state index contributed by atoms with van der Waals surface area (Å²) in [6, 6.07) is 8.05. The van der Waals surface area contributed by atoms with E-state index in [1.807, 2.05) is 37.4 Å². The van der Waals surface area contributed by atoms with Gasteiger partial charge in [-0.25, -0.2) is 9.67 Å². The summed E-state index contributed by atoms with van der Waals surface area (Å²) in [6.07, 6.45) is 2.84. The smallest absolute Gasteiger partial charge is 0.263 e. The summed E-state index contributed by atoms with van der Waals surface area (Å²) >= 11 is 1.50. The predicted octanol–water partition coefficient (Wildman–Crippen LogP) is 2.17. The molecule has 0 unspecified atom stereocenters. The van der Waals surface area contributed by atoms with Crippen LogP contribution in [0.1, 0.15) is 28.2 Å². The molecule has 1 amide bonds. The van der Waals surface area contributed by atoms with Gasteiger partial charge in [0, 0.05) is 47.1 Å². The van der Waals surface area contributed by atoms with Crippen LogP contribution in [0.2, 0.25) is 0 Å². The van der Waals surface area contributed by atoms with E-state index in [0.717, 1.165) is 51.7 Å². The molecule has 1 fully saturated rings. The van der Waals surface area contributed by atoms with Crippen LogP contribution in [0.15, 0.2) is 30.5 Å². The highest BCUT2D eigenvalue weighted by molar-refractivity contribution is 7.21. The molecule has 32 heavy (non-hydrogen) atoms. The molecule has 2 N–H and O–H groups in total. The molecule has 0 spiro atoms. The van der Waals surface area contributed by atoms with Crippen molar-refractivity contribution in [3.8, 4) is 5.82 Å². The van der Waals surface area contributed by atoms with E-state index in [2.05, 4.69) is 25.8 Å². The van der Waals surface area contributed by atoms with Crippen LogP contribution in [0, 0.1) is 0 Å². The largest absolute Gasteiger partial charge is 0.381 e. The number of hydrogen-bond donors (Lipinski definition) is 2. The molecular formula is C22H21N7O2S. The summed E-state index contributed by atoms with van der Waals surface area (Å²) < 4.78 is 2.75. The Kier molecular flexibility index (Phi) is 4.44. The fourth-order valence-corrected chi connectivity index (χ4v) is 5.53. The van der Waals surface area contributed by atoms with Crippen LogP contribution in [-0.2, 0) is 4.79 Å². The maximum Gasteiger partial charge on any atom is 0.263 e. The van der Waals surface area contributed by atoms with E-state index in [1.54, 1.807) is 4.68 Å². The molecule has 0 radical (unpaired) electrons. The summed E-state index contributed by atoms with van der Waals surface area (Å²) in [5, 5.41) is 17.1. The lowest BCUT2D eigenvalue weighted by Gasteiger charge is -2.36. The number of likely N-dealkylation sites (tertiary alicyclic amines) is 1. The van der Waals surface area contributed by atoms with Gasteiger partial charge in [0.2, 0.25) is 0 Å². The number of benzene rings is 1. The molecule has 4 aromatic rings. The summed E-state index contributed by atoms with van der Waals surface area (Å²) in [7, 11) is 0. The lowest BCUT2D eigenvalue weighted by atomic mass is 9.97. The third-order valence-electron chi connectivity index (χ3n) is 6.13. The van der Waals surface area contributed by atoms with E-state index in [4.69, 9.17) is 4.98 Å². The van der Waals surface area contributed by atoms with Crippen LogP contribution < -0.4 is 10.6 Å². The number of carbonyl (C=O) groups is 2. The van der Waals surface area contributed by atoms with Crippen LogP contribution in [0.3, 0.4) is 0 Å². The summed E-state index contributed by atoms with van der Waals surface area (Å²) in [5.41, 5.74) is 2.64. The second-order valence-electron chi connectivity index (χ2n) is 8.41. The monoisotopic (exact) mass is 447 g/mol. The highest BCUT2D eigenvalue weighted by Crippen LogP contribution is 2.41. The highest BCUT2D eigenvalue weighted by atomic mass is 32.1. The van der Waals surface area contributed by atoms with Crippen molar-refractivity contribution in [1.82, 2.24) is 30.2 Å². The summed E-state index contributed by atoms with van der Waals surface area (Å²) in [5.74, 6) is 0.958. The third kappa shape index (κ3) is 3.06. The van der Waals surface area contributed by atoms with Gasteiger partial charge in [-0.2, -0.15) is 0 Å². The number of hydrogen-bond acceptors (Lipinski definition) is 8. The number of fused-ring (bicyclic) bond motifs is 5. The first-order valence-electron chi connectivity index (χ1n) is 10.6. The van der Waals surface area contributed by atoms with Crippen LogP contribution in [0.4, 0.5) is 5.69 Å². The van der Waals surface area contributed by atoms with Crippen molar-refractivity contribution in [3.63, 3.8) is 0 Å². The molecule has 1 aromatic carbocycles. The molecule has 2 aliphatic rings. The number of aldehydes is 1. The van der Waals surface area contributed by atoms with Gasteiger partial charge in [0.15, 0.2) is 5.82 Å². The maximum atomic E-state index is 12.6. The van der Waals surface area contributed by atoms with Gasteiger partial charge in [0.1, 0.15) is 11.2 Å². The minimum Gasteiger partial charge on any atom is -0.381 e. The molecule has 2 aliphatic heterocycles. The second-order valence-corrected chi connectivity index (χ2v) is 9.46. The molecule has 162 valence electrons. The zero-order valence-corrected chi connectivity index (χ0v) is 18.2. The van der Waals surface area contributed by atoms with Gasteiger partial charge in [-0.05, 0) is 31.2 Å². The number of rotatable bonds is 4. The molecule has 1 saturated heterocycles. The topological polar surface area (TPSA) is 105 Å². The number of anilines is 1. The average molecular weight is 448 g/mol. The fourth-order valence-electron chi connectivity index (χ4n) is 4.43. The van der Waals surface area contributed by atoms with Gasteiger partial charge in [0.25, 0.3) is 5.91 Å². The Morgan fingerprint density at radius 2 is 2.12 bits per heavy atom. The number of thiophene rings is 1. The van der Waals surface area contributed by atoms with Crippen LogP contribution in [0.5, 0.6) is 0 Å². The van der Waals surface area contributed by atoms with Crippen molar-refractivity contribution in [1.29, 1.82) is 0 Å². The third-order valence-corrected chi connectivity index (χ3v) is 7.28. The lowest BCUT2D eigenvalue weighted by Crippen LogP contribution is -2.45. The molecule has 1 atom stereocenters. The van der Waals surface area contributed by atoms with Crippen LogP contribution in [0.25, 0.3) is 26.8 Å². The molecule has 6 rings (SSSR count).